The van der Waals surface area contributed by atoms with E-state index in [1.807, 2.05) is 0 Å². The predicted molar refractivity (Wildman–Crippen MR) is 72.7 cm³/mol. The number of ether oxygens (including phenoxy) is 1. The van der Waals surface area contributed by atoms with Crippen molar-refractivity contribution in [2.24, 2.45) is 0 Å². The van der Waals surface area contributed by atoms with Crippen molar-refractivity contribution >= 4 is 11.0 Å². The molecule has 2 aromatic heterocycles. The molecule has 0 fully saturated rings. The van der Waals surface area contributed by atoms with Gasteiger partial charge in [-0.15, -0.1) is 0 Å². The van der Waals surface area contributed by atoms with Gasteiger partial charge in [0.05, 0.1) is 7.11 Å². The normalized spacial score (nSPS) is 10.9. The molecule has 0 aliphatic rings. The molecule has 0 radical (unpaired) electrons. The summed E-state index contributed by atoms with van der Waals surface area (Å²) in [6.45, 7) is -0.203. The molecule has 2 heterocycles. The van der Waals surface area contributed by atoms with Gasteiger partial charge in [-0.25, -0.2) is 0 Å². The second-order valence-corrected chi connectivity index (χ2v) is 4.23. The molecule has 5 heteroatoms. The van der Waals surface area contributed by atoms with Crippen LogP contribution in [-0.2, 0) is 6.61 Å². The van der Waals surface area contributed by atoms with Gasteiger partial charge in [0.15, 0.2) is 16.9 Å². The van der Waals surface area contributed by atoms with E-state index in [1.165, 1.54) is 13.2 Å². The van der Waals surface area contributed by atoms with Crippen molar-refractivity contribution in [2.45, 2.75) is 6.61 Å². The monoisotopic (exact) mass is 272 g/mol. The summed E-state index contributed by atoms with van der Waals surface area (Å²) in [5, 5.41) is 9.39. The van der Waals surface area contributed by atoms with Crippen LogP contribution in [0.4, 0.5) is 0 Å². The van der Waals surface area contributed by atoms with E-state index in [9.17, 15) is 4.79 Å². The lowest BCUT2D eigenvalue weighted by Crippen LogP contribution is -2.02. The van der Waals surface area contributed by atoms with Crippen molar-refractivity contribution in [1.29, 1.82) is 0 Å². The average molecular weight is 272 g/mol. The highest BCUT2D eigenvalue weighted by Gasteiger charge is 2.13. The zero-order valence-electron chi connectivity index (χ0n) is 10.8. The van der Waals surface area contributed by atoms with Gasteiger partial charge in [0.2, 0.25) is 0 Å². The Bertz CT molecular complexity index is 812. The van der Waals surface area contributed by atoms with Crippen LogP contribution in [0.1, 0.15) is 5.76 Å². The molecule has 0 amide bonds. The molecule has 5 nitrogen and oxygen atoms in total. The number of aliphatic hydroxyl groups is 1. The first-order valence-electron chi connectivity index (χ1n) is 6.03. The van der Waals surface area contributed by atoms with E-state index < -0.39 is 0 Å². The minimum atomic E-state index is -0.208. The Morgan fingerprint density at radius 3 is 2.70 bits per heavy atom. The number of hydrogen-bond acceptors (Lipinski definition) is 5. The van der Waals surface area contributed by atoms with Crippen molar-refractivity contribution in [3.05, 3.63) is 52.4 Å². The molecule has 1 aromatic carbocycles. The zero-order valence-corrected chi connectivity index (χ0v) is 10.8. The van der Waals surface area contributed by atoms with Crippen LogP contribution in [0.3, 0.4) is 0 Å². The summed E-state index contributed by atoms with van der Waals surface area (Å²) in [5.41, 5.74) is 0.217. The van der Waals surface area contributed by atoms with Crippen LogP contribution in [0, 0.1) is 0 Å². The lowest BCUT2D eigenvalue weighted by atomic mass is 10.2. The third-order valence-corrected chi connectivity index (χ3v) is 3.00. The molecule has 102 valence electrons. The molecule has 0 aliphatic carbocycles. The number of hydrogen-bond donors (Lipinski definition) is 1. The number of rotatable bonds is 3. The standard InChI is InChI=1S/C15H12O5/c1-18-12-3-2-4-13-15(12)10(17)7-14(20-13)11-6-5-9(8-16)19-11/h2-7,16H,8H2,1H3. The average Bonchev–Trinajstić information content (AvgIpc) is 2.95. The molecule has 0 saturated heterocycles. The van der Waals surface area contributed by atoms with E-state index in [1.54, 1.807) is 30.3 Å². The minimum Gasteiger partial charge on any atom is -0.496 e. The van der Waals surface area contributed by atoms with E-state index in [0.717, 1.165) is 0 Å². The quantitative estimate of drug-likeness (QED) is 0.793. The van der Waals surface area contributed by atoms with Gasteiger partial charge in [-0.1, -0.05) is 6.07 Å². The van der Waals surface area contributed by atoms with Gasteiger partial charge < -0.3 is 18.7 Å². The second kappa shape index (κ2) is 4.86. The maximum absolute atomic E-state index is 12.2. The third-order valence-electron chi connectivity index (χ3n) is 3.00. The molecule has 0 atom stereocenters. The molecule has 1 N–H and O–H groups in total. The molecule has 0 aliphatic heterocycles. The SMILES string of the molecule is COc1cccc2oc(-c3ccc(CO)o3)cc(=O)c12. The van der Waals surface area contributed by atoms with Crippen LogP contribution in [0.5, 0.6) is 5.75 Å². The fourth-order valence-electron chi connectivity index (χ4n) is 2.06. The fourth-order valence-corrected chi connectivity index (χ4v) is 2.06. The molecule has 3 aromatic rings. The summed E-state index contributed by atoms with van der Waals surface area (Å²) in [6.07, 6.45) is 0. The number of aliphatic hydroxyl groups excluding tert-OH is 1. The van der Waals surface area contributed by atoms with Crippen LogP contribution < -0.4 is 10.2 Å². The van der Waals surface area contributed by atoms with Crippen LogP contribution in [0.25, 0.3) is 22.5 Å². The van der Waals surface area contributed by atoms with E-state index >= 15 is 0 Å². The Kier molecular flexibility index (Phi) is 3.04. The Labute approximate surface area is 114 Å². The molecular weight excluding hydrogens is 260 g/mol. The van der Waals surface area contributed by atoms with Crippen molar-refractivity contribution < 1.29 is 18.7 Å². The van der Waals surface area contributed by atoms with Gasteiger partial charge in [0.1, 0.15) is 29.1 Å². The first kappa shape index (κ1) is 12.5. The van der Waals surface area contributed by atoms with Crippen LogP contribution >= 0.6 is 0 Å². The maximum atomic E-state index is 12.2. The number of fused-ring (bicyclic) bond motifs is 1. The van der Waals surface area contributed by atoms with E-state index in [2.05, 4.69) is 0 Å². The van der Waals surface area contributed by atoms with Crippen LogP contribution in [0.2, 0.25) is 0 Å². The summed E-state index contributed by atoms with van der Waals surface area (Å²) in [4.78, 5) is 12.2. The van der Waals surface area contributed by atoms with Crippen molar-refractivity contribution in [3.63, 3.8) is 0 Å². The van der Waals surface area contributed by atoms with E-state index in [4.69, 9.17) is 18.7 Å². The van der Waals surface area contributed by atoms with Crippen LogP contribution in [0.15, 0.2) is 50.0 Å². The summed E-state index contributed by atoms with van der Waals surface area (Å²) < 4.78 is 16.2. The van der Waals surface area contributed by atoms with Crippen molar-refractivity contribution in [3.8, 4) is 17.3 Å². The topological polar surface area (TPSA) is 72.8 Å². The van der Waals surface area contributed by atoms with Crippen LogP contribution in [-0.4, -0.2) is 12.2 Å². The highest BCUT2D eigenvalue weighted by molar-refractivity contribution is 5.84. The Balaban J connectivity index is 2.22. The van der Waals surface area contributed by atoms with E-state index in [-0.39, 0.29) is 12.0 Å². The molecule has 0 unspecified atom stereocenters. The largest absolute Gasteiger partial charge is 0.496 e. The van der Waals surface area contributed by atoms with Gasteiger partial charge in [-0.3, -0.25) is 4.79 Å². The van der Waals surface area contributed by atoms with Gasteiger partial charge in [-0.2, -0.15) is 0 Å². The molecule has 20 heavy (non-hydrogen) atoms. The first-order valence-corrected chi connectivity index (χ1v) is 6.03. The molecule has 3 rings (SSSR count). The summed E-state index contributed by atoms with van der Waals surface area (Å²) in [6, 6.07) is 9.77. The second-order valence-electron chi connectivity index (χ2n) is 4.23. The number of furan rings is 1. The fraction of sp³-hybridized carbons (Fsp3) is 0.133. The predicted octanol–water partition coefficient (Wildman–Crippen LogP) is 2.55. The number of methoxy groups -OCH3 is 1. The highest BCUT2D eigenvalue weighted by atomic mass is 16.5. The minimum absolute atomic E-state index is 0.203. The summed E-state index contributed by atoms with van der Waals surface area (Å²) >= 11 is 0. The lowest BCUT2D eigenvalue weighted by Gasteiger charge is -2.04. The molecule has 0 spiro atoms. The molecular formula is C15H12O5. The Morgan fingerprint density at radius 2 is 2.00 bits per heavy atom. The van der Waals surface area contributed by atoms with Gasteiger partial charge in [0.25, 0.3) is 0 Å². The summed E-state index contributed by atoms with van der Waals surface area (Å²) in [5.74, 6) is 1.60. The lowest BCUT2D eigenvalue weighted by molar-refractivity contribution is 0.248. The smallest absolute Gasteiger partial charge is 0.197 e. The molecule has 0 bridgehead atoms. The van der Waals surface area contributed by atoms with Gasteiger partial charge in [0, 0.05) is 6.07 Å². The van der Waals surface area contributed by atoms with E-state index in [0.29, 0.717) is 34.0 Å². The number of benzene rings is 1. The third kappa shape index (κ3) is 1.98. The highest BCUT2D eigenvalue weighted by Crippen LogP contribution is 2.27. The summed E-state index contributed by atoms with van der Waals surface area (Å²) in [7, 11) is 1.50. The van der Waals surface area contributed by atoms with Crippen molar-refractivity contribution in [1.82, 2.24) is 0 Å². The molecule has 0 saturated carbocycles. The van der Waals surface area contributed by atoms with Gasteiger partial charge in [-0.05, 0) is 24.3 Å². The van der Waals surface area contributed by atoms with Gasteiger partial charge >= 0.3 is 0 Å². The zero-order chi connectivity index (χ0) is 14.1. The Morgan fingerprint density at radius 1 is 1.15 bits per heavy atom. The van der Waals surface area contributed by atoms with Crippen molar-refractivity contribution in [2.75, 3.05) is 7.11 Å². The Hall–Kier alpha value is -2.53. The first-order chi connectivity index (χ1) is 9.72. The maximum Gasteiger partial charge on any atom is 0.197 e.